The van der Waals surface area contributed by atoms with Crippen LogP contribution in [0.25, 0.3) is 23.1 Å². The second-order valence-corrected chi connectivity index (χ2v) is 3.96. The number of nitro groups is 1. The van der Waals surface area contributed by atoms with Gasteiger partial charge in [-0.2, -0.15) is 10.1 Å². The van der Waals surface area contributed by atoms with E-state index in [2.05, 4.69) is 25.3 Å². The minimum atomic E-state index is -0.452. The van der Waals surface area contributed by atoms with E-state index < -0.39 is 4.92 Å². The molecule has 9 nitrogen and oxygen atoms in total. The molecular formula is C11H8N6O3. The summed E-state index contributed by atoms with van der Waals surface area (Å²) >= 11 is 0. The van der Waals surface area contributed by atoms with Crippen LogP contribution in [0.4, 0.5) is 5.69 Å². The highest BCUT2D eigenvalue weighted by molar-refractivity contribution is 5.65. The lowest BCUT2D eigenvalue weighted by molar-refractivity contribution is -0.385. The van der Waals surface area contributed by atoms with Gasteiger partial charge in [-0.3, -0.25) is 15.2 Å². The van der Waals surface area contributed by atoms with Gasteiger partial charge in [-0.25, -0.2) is 4.98 Å². The summed E-state index contributed by atoms with van der Waals surface area (Å²) in [4.78, 5) is 18.5. The highest BCUT2D eigenvalue weighted by Gasteiger charge is 2.19. The lowest BCUT2D eigenvalue weighted by atomic mass is 10.1. The topological polar surface area (TPSA) is 124 Å². The summed E-state index contributed by atoms with van der Waals surface area (Å²) in [5.41, 5.74) is 0.977. The number of aromatic amines is 1. The third-order valence-corrected chi connectivity index (χ3v) is 2.79. The summed E-state index contributed by atoms with van der Waals surface area (Å²) in [7, 11) is 0. The van der Waals surface area contributed by atoms with Gasteiger partial charge in [0.05, 0.1) is 4.92 Å². The first-order valence-electron chi connectivity index (χ1n) is 5.60. The largest absolute Gasteiger partial charge is 0.333 e. The zero-order valence-corrected chi connectivity index (χ0v) is 10.3. The molecular weight excluding hydrogens is 264 g/mol. The molecule has 2 heterocycles. The smallest absolute Gasteiger partial charge is 0.273 e. The number of rotatable bonds is 3. The molecule has 100 valence electrons. The van der Waals surface area contributed by atoms with Gasteiger partial charge >= 0.3 is 0 Å². The van der Waals surface area contributed by atoms with Crippen LogP contribution in [0.1, 0.15) is 5.56 Å². The molecule has 0 unspecified atom stereocenters. The summed E-state index contributed by atoms with van der Waals surface area (Å²) in [6.45, 7) is 1.63. The van der Waals surface area contributed by atoms with Crippen molar-refractivity contribution in [3.63, 3.8) is 0 Å². The minimum absolute atomic E-state index is 0.00177. The van der Waals surface area contributed by atoms with Gasteiger partial charge in [0.2, 0.25) is 5.82 Å². The summed E-state index contributed by atoms with van der Waals surface area (Å²) < 4.78 is 5.12. The van der Waals surface area contributed by atoms with Crippen LogP contribution in [0.15, 0.2) is 29.0 Å². The molecule has 0 radical (unpaired) electrons. The van der Waals surface area contributed by atoms with Crippen molar-refractivity contribution >= 4 is 5.69 Å². The first kappa shape index (κ1) is 12.0. The molecule has 3 rings (SSSR count). The summed E-state index contributed by atoms with van der Waals surface area (Å²) in [5.74, 6) is 0.795. The number of aromatic nitrogens is 5. The monoisotopic (exact) mass is 272 g/mol. The summed E-state index contributed by atoms with van der Waals surface area (Å²) in [6.07, 6.45) is 1.32. The highest BCUT2D eigenvalue weighted by atomic mass is 16.6. The molecule has 20 heavy (non-hydrogen) atoms. The number of nitro benzene ring substituents is 1. The van der Waals surface area contributed by atoms with Crippen molar-refractivity contribution in [2.75, 3.05) is 0 Å². The van der Waals surface area contributed by atoms with Gasteiger partial charge in [0.15, 0.2) is 5.82 Å². The molecule has 1 N–H and O–H groups in total. The standard InChI is InChI=1S/C11H8N6O3/c1-6-7(3-2-4-8(6)17(18)19)11-14-10(16-20-11)9-12-5-13-15-9/h2-5H,1H3,(H,12,13,15). The molecule has 0 atom stereocenters. The molecule has 1 aromatic carbocycles. The van der Waals surface area contributed by atoms with Crippen LogP contribution in [0, 0.1) is 17.0 Å². The molecule has 0 bridgehead atoms. The Morgan fingerprint density at radius 2 is 2.25 bits per heavy atom. The third kappa shape index (κ3) is 1.90. The number of hydrogen-bond acceptors (Lipinski definition) is 7. The van der Waals surface area contributed by atoms with E-state index in [-0.39, 0.29) is 17.4 Å². The van der Waals surface area contributed by atoms with Crippen molar-refractivity contribution in [3.8, 4) is 23.1 Å². The highest BCUT2D eigenvalue weighted by Crippen LogP contribution is 2.29. The third-order valence-electron chi connectivity index (χ3n) is 2.79. The zero-order valence-electron chi connectivity index (χ0n) is 10.3. The van der Waals surface area contributed by atoms with E-state index in [9.17, 15) is 10.1 Å². The Bertz CT molecular complexity index is 764. The lowest BCUT2D eigenvalue weighted by Crippen LogP contribution is -1.93. The van der Waals surface area contributed by atoms with Crippen LogP contribution in [0.2, 0.25) is 0 Å². The van der Waals surface area contributed by atoms with Gasteiger partial charge in [-0.05, 0) is 13.0 Å². The first-order chi connectivity index (χ1) is 9.66. The molecule has 0 aliphatic rings. The summed E-state index contributed by atoms with van der Waals surface area (Å²) in [5, 5.41) is 21.0. The predicted octanol–water partition coefficient (Wildman–Crippen LogP) is 1.74. The van der Waals surface area contributed by atoms with Gasteiger partial charge < -0.3 is 4.52 Å². The van der Waals surface area contributed by atoms with Gasteiger partial charge in [0.25, 0.3) is 11.6 Å². The van der Waals surface area contributed by atoms with Crippen LogP contribution < -0.4 is 0 Å². The van der Waals surface area contributed by atoms with E-state index in [4.69, 9.17) is 4.52 Å². The van der Waals surface area contributed by atoms with Crippen LogP contribution in [-0.4, -0.2) is 30.2 Å². The number of nitrogens with zero attached hydrogens (tertiary/aromatic N) is 5. The minimum Gasteiger partial charge on any atom is -0.333 e. The van der Waals surface area contributed by atoms with Gasteiger partial charge in [0, 0.05) is 17.2 Å². The fourth-order valence-corrected chi connectivity index (χ4v) is 1.80. The van der Waals surface area contributed by atoms with E-state index in [0.717, 1.165) is 0 Å². The molecule has 9 heteroatoms. The van der Waals surface area contributed by atoms with Gasteiger partial charge in [0.1, 0.15) is 6.33 Å². The second kappa shape index (κ2) is 4.53. The zero-order chi connectivity index (χ0) is 14.1. The Morgan fingerprint density at radius 3 is 2.95 bits per heavy atom. The van der Waals surface area contributed by atoms with Gasteiger partial charge in [-0.15, -0.1) is 0 Å². The van der Waals surface area contributed by atoms with Crippen molar-refractivity contribution in [1.82, 2.24) is 25.3 Å². The van der Waals surface area contributed by atoms with Crippen molar-refractivity contribution < 1.29 is 9.45 Å². The fourth-order valence-electron chi connectivity index (χ4n) is 1.80. The molecule has 0 saturated carbocycles. The Kier molecular flexibility index (Phi) is 2.71. The maximum atomic E-state index is 10.9. The lowest BCUT2D eigenvalue weighted by Gasteiger charge is -2.00. The second-order valence-electron chi connectivity index (χ2n) is 3.96. The molecule has 0 aliphatic carbocycles. The Morgan fingerprint density at radius 1 is 1.40 bits per heavy atom. The van der Waals surface area contributed by atoms with Crippen LogP contribution in [0.3, 0.4) is 0 Å². The van der Waals surface area contributed by atoms with Crippen LogP contribution >= 0.6 is 0 Å². The first-order valence-corrected chi connectivity index (χ1v) is 5.60. The maximum Gasteiger partial charge on any atom is 0.273 e. The van der Waals surface area contributed by atoms with Crippen molar-refractivity contribution in [2.24, 2.45) is 0 Å². The van der Waals surface area contributed by atoms with Crippen molar-refractivity contribution in [3.05, 3.63) is 40.2 Å². The molecule has 0 fully saturated rings. The molecule has 3 aromatic rings. The molecule has 0 amide bonds. The molecule has 2 aromatic heterocycles. The number of nitrogens with one attached hydrogen (secondary N) is 1. The Hall–Kier alpha value is -3.10. The molecule has 0 aliphatic heterocycles. The normalized spacial score (nSPS) is 10.7. The molecule has 0 spiro atoms. The number of benzene rings is 1. The van der Waals surface area contributed by atoms with Crippen LogP contribution in [-0.2, 0) is 0 Å². The molecule has 0 saturated heterocycles. The Balaban J connectivity index is 2.06. The summed E-state index contributed by atoms with van der Waals surface area (Å²) in [6, 6.07) is 4.67. The maximum absolute atomic E-state index is 10.9. The van der Waals surface area contributed by atoms with E-state index in [1.54, 1.807) is 19.1 Å². The average molecular weight is 272 g/mol. The predicted molar refractivity (Wildman–Crippen MR) is 66.5 cm³/mol. The fraction of sp³-hybridized carbons (Fsp3) is 0.0909. The van der Waals surface area contributed by atoms with Gasteiger partial charge in [-0.1, -0.05) is 11.2 Å². The van der Waals surface area contributed by atoms with Crippen molar-refractivity contribution in [1.29, 1.82) is 0 Å². The Labute approximate surface area is 111 Å². The van der Waals surface area contributed by atoms with E-state index in [1.165, 1.54) is 12.4 Å². The SMILES string of the molecule is Cc1c(-c2nc(-c3ncn[nH]3)no2)cccc1[N+](=O)[O-]. The van der Waals surface area contributed by atoms with Crippen molar-refractivity contribution in [2.45, 2.75) is 6.92 Å². The number of hydrogen-bond donors (Lipinski definition) is 1. The quantitative estimate of drug-likeness (QED) is 0.568. The average Bonchev–Trinajstić information content (AvgIpc) is 3.09. The number of H-pyrrole nitrogens is 1. The van der Waals surface area contributed by atoms with E-state index >= 15 is 0 Å². The van der Waals surface area contributed by atoms with E-state index in [1.807, 2.05) is 0 Å². The van der Waals surface area contributed by atoms with Crippen LogP contribution in [0.5, 0.6) is 0 Å². The van der Waals surface area contributed by atoms with E-state index in [0.29, 0.717) is 17.0 Å².